The predicted molar refractivity (Wildman–Crippen MR) is 92.1 cm³/mol. The molecule has 2 aliphatic carbocycles. The lowest BCUT2D eigenvalue weighted by molar-refractivity contribution is -0.00370. The van der Waals surface area contributed by atoms with Crippen LogP contribution in [-0.4, -0.2) is 59.7 Å². The number of nitrogens with one attached hydrogen (secondary N) is 1. The van der Waals surface area contributed by atoms with Crippen LogP contribution in [0.2, 0.25) is 0 Å². The Kier molecular flexibility index (Phi) is 4.58. The number of aromatic nitrogens is 4. The van der Waals surface area contributed by atoms with Gasteiger partial charge in [-0.15, -0.1) is 0 Å². The predicted octanol–water partition coefficient (Wildman–Crippen LogP) is 0.846. The first kappa shape index (κ1) is 16.7. The molecule has 0 aliphatic heterocycles. The molecule has 0 radical (unpaired) electrons. The standard InChI is InChI=1S/C17H25N5O3/c23-7-10-6-12(15(25)14(10)24)22-9-20-13-16(18-8-19-17(13)22)21-11-4-2-1-3-5-11/h8-12,14-15,23-25H,1-7H2,(H,18,19,21)/t10-,12-,14-,15+/m1/s1. The first-order valence-electron chi connectivity index (χ1n) is 9.10. The van der Waals surface area contributed by atoms with Gasteiger partial charge in [-0.05, 0) is 19.3 Å². The van der Waals surface area contributed by atoms with Gasteiger partial charge in [0.25, 0.3) is 0 Å². The highest BCUT2D eigenvalue weighted by atomic mass is 16.3. The van der Waals surface area contributed by atoms with E-state index >= 15 is 0 Å². The Balaban J connectivity index is 1.62. The highest BCUT2D eigenvalue weighted by molar-refractivity contribution is 5.82. The number of aliphatic hydroxyl groups is 3. The molecule has 4 atom stereocenters. The molecule has 4 rings (SSSR count). The SMILES string of the molecule is OC[C@H]1C[C@@H](n2cnc3c(NC4CCCCC4)ncnc32)[C@H](O)[C@@H]1O. The summed E-state index contributed by atoms with van der Waals surface area (Å²) < 4.78 is 1.80. The van der Waals surface area contributed by atoms with Crippen LogP contribution in [0.5, 0.6) is 0 Å². The van der Waals surface area contributed by atoms with Crippen molar-refractivity contribution in [3.8, 4) is 0 Å². The summed E-state index contributed by atoms with van der Waals surface area (Å²) in [6.45, 7) is -0.148. The quantitative estimate of drug-likeness (QED) is 0.648. The highest BCUT2D eigenvalue weighted by Gasteiger charge is 2.42. The van der Waals surface area contributed by atoms with Gasteiger partial charge in [0, 0.05) is 18.6 Å². The maximum Gasteiger partial charge on any atom is 0.165 e. The fraction of sp³-hybridized carbons (Fsp3) is 0.706. The van der Waals surface area contributed by atoms with Gasteiger partial charge in [0.05, 0.1) is 18.5 Å². The summed E-state index contributed by atoms with van der Waals surface area (Å²) in [5.41, 5.74) is 1.32. The van der Waals surface area contributed by atoms with E-state index < -0.39 is 12.2 Å². The zero-order valence-corrected chi connectivity index (χ0v) is 14.1. The van der Waals surface area contributed by atoms with Crippen LogP contribution in [-0.2, 0) is 0 Å². The third kappa shape index (κ3) is 2.98. The van der Waals surface area contributed by atoms with Gasteiger partial charge in [0.15, 0.2) is 11.5 Å². The van der Waals surface area contributed by atoms with E-state index in [-0.39, 0.29) is 18.6 Å². The Labute approximate surface area is 145 Å². The van der Waals surface area contributed by atoms with Crippen molar-refractivity contribution in [3.05, 3.63) is 12.7 Å². The molecule has 0 spiro atoms. The van der Waals surface area contributed by atoms with Crippen LogP contribution in [0, 0.1) is 5.92 Å². The van der Waals surface area contributed by atoms with E-state index in [1.165, 1.54) is 25.6 Å². The number of hydrogen-bond acceptors (Lipinski definition) is 7. The van der Waals surface area contributed by atoms with Crippen molar-refractivity contribution in [2.24, 2.45) is 5.92 Å². The van der Waals surface area contributed by atoms with Crippen LogP contribution < -0.4 is 5.32 Å². The number of hydrogen-bond donors (Lipinski definition) is 4. The molecule has 2 heterocycles. The third-order valence-electron chi connectivity index (χ3n) is 5.67. The molecule has 4 N–H and O–H groups in total. The molecule has 8 nitrogen and oxygen atoms in total. The van der Waals surface area contributed by atoms with Crippen LogP contribution in [0.1, 0.15) is 44.6 Å². The second-order valence-electron chi connectivity index (χ2n) is 7.25. The van der Waals surface area contributed by atoms with Crippen LogP contribution in [0.25, 0.3) is 11.2 Å². The normalized spacial score (nSPS) is 30.8. The second-order valence-corrected chi connectivity index (χ2v) is 7.25. The molecule has 2 saturated carbocycles. The summed E-state index contributed by atoms with van der Waals surface area (Å²) in [5, 5.41) is 33.3. The molecule has 0 saturated heterocycles. The Bertz CT molecular complexity index is 730. The van der Waals surface area contributed by atoms with Gasteiger partial charge in [-0.1, -0.05) is 19.3 Å². The van der Waals surface area contributed by atoms with Gasteiger partial charge in [0.2, 0.25) is 0 Å². The van der Waals surface area contributed by atoms with E-state index in [4.69, 9.17) is 0 Å². The number of rotatable bonds is 4. The van der Waals surface area contributed by atoms with Crippen LogP contribution in [0.4, 0.5) is 5.82 Å². The first-order chi connectivity index (χ1) is 12.2. The molecule has 0 unspecified atom stereocenters. The molecule has 8 heteroatoms. The summed E-state index contributed by atoms with van der Waals surface area (Å²) in [4.78, 5) is 13.2. The summed E-state index contributed by atoms with van der Waals surface area (Å²) >= 11 is 0. The van der Waals surface area contributed by atoms with Crippen LogP contribution in [0.15, 0.2) is 12.7 Å². The minimum absolute atomic E-state index is 0.148. The van der Waals surface area contributed by atoms with Crippen LogP contribution in [0.3, 0.4) is 0 Å². The summed E-state index contributed by atoms with van der Waals surface area (Å²) in [6, 6.07) is 0.0595. The molecule has 2 fully saturated rings. The van der Waals surface area contributed by atoms with E-state index in [0.717, 1.165) is 18.7 Å². The fourth-order valence-corrected chi connectivity index (χ4v) is 4.20. The maximum atomic E-state index is 10.4. The van der Waals surface area contributed by atoms with E-state index in [0.29, 0.717) is 23.6 Å². The number of anilines is 1. The van der Waals surface area contributed by atoms with Gasteiger partial charge >= 0.3 is 0 Å². The number of fused-ring (bicyclic) bond motifs is 1. The topological polar surface area (TPSA) is 116 Å². The summed E-state index contributed by atoms with van der Waals surface area (Å²) in [6.07, 6.45) is 7.78. The molecule has 25 heavy (non-hydrogen) atoms. The van der Waals surface area contributed by atoms with Crippen molar-refractivity contribution in [2.45, 2.75) is 62.8 Å². The molecular weight excluding hydrogens is 322 g/mol. The summed E-state index contributed by atoms with van der Waals surface area (Å²) in [5.74, 6) is 0.390. The average molecular weight is 347 g/mol. The van der Waals surface area contributed by atoms with Gasteiger partial charge in [-0.3, -0.25) is 0 Å². The molecular formula is C17H25N5O3. The number of nitrogens with zero attached hydrogens (tertiary/aromatic N) is 4. The Morgan fingerprint density at radius 2 is 1.88 bits per heavy atom. The molecule has 2 aromatic heterocycles. The third-order valence-corrected chi connectivity index (χ3v) is 5.67. The average Bonchev–Trinajstić information content (AvgIpc) is 3.18. The zero-order chi connectivity index (χ0) is 17.4. The number of aliphatic hydroxyl groups excluding tert-OH is 3. The molecule has 136 valence electrons. The Morgan fingerprint density at radius 1 is 1.08 bits per heavy atom. The highest BCUT2D eigenvalue weighted by Crippen LogP contribution is 2.37. The molecule has 0 amide bonds. The van der Waals surface area contributed by atoms with Crippen molar-refractivity contribution in [1.82, 2.24) is 19.5 Å². The lowest BCUT2D eigenvalue weighted by atomic mass is 9.95. The van der Waals surface area contributed by atoms with Crippen molar-refractivity contribution >= 4 is 17.0 Å². The lowest BCUT2D eigenvalue weighted by Gasteiger charge is -2.23. The van der Waals surface area contributed by atoms with E-state index in [9.17, 15) is 15.3 Å². The minimum Gasteiger partial charge on any atom is -0.396 e. The Morgan fingerprint density at radius 3 is 2.60 bits per heavy atom. The van der Waals surface area contributed by atoms with E-state index in [2.05, 4.69) is 20.3 Å². The monoisotopic (exact) mass is 347 g/mol. The van der Waals surface area contributed by atoms with E-state index in [1.54, 1.807) is 10.9 Å². The first-order valence-corrected chi connectivity index (χ1v) is 9.10. The van der Waals surface area contributed by atoms with E-state index in [1.807, 2.05) is 0 Å². The van der Waals surface area contributed by atoms with Crippen LogP contribution >= 0.6 is 0 Å². The zero-order valence-electron chi connectivity index (χ0n) is 14.1. The van der Waals surface area contributed by atoms with Crippen molar-refractivity contribution in [3.63, 3.8) is 0 Å². The largest absolute Gasteiger partial charge is 0.396 e. The van der Waals surface area contributed by atoms with Gasteiger partial charge in [0.1, 0.15) is 17.9 Å². The Hall–Kier alpha value is -1.77. The van der Waals surface area contributed by atoms with Crippen molar-refractivity contribution in [1.29, 1.82) is 0 Å². The van der Waals surface area contributed by atoms with Gasteiger partial charge in [-0.25, -0.2) is 15.0 Å². The van der Waals surface area contributed by atoms with Gasteiger partial charge < -0.3 is 25.2 Å². The van der Waals surface area contributed by atoms with Crippen molar-refractivity contribution < 1.29 is 15.3 Å². The minimum atomic E-state index is -0.945. The van der Waals surface area contributed by atoms with Crippen molar-refractivity contribution in [2.75, 3.05) is 11.9 Å². The number of imidazole rings is 1. The lowest BCUT2D eigenvalue weighted by Crippen LogP contribution is -2.30. The molecule has 0 aromatic carbocycles. The smallest absolute Gasteiger partial charge is 0.165 e. The van der Waals surface area contributed by atoms with Gasteiger partial charge in [-0.2, -0.15) is 0 Å². The molecule has 2 aliphatic rings. The molecule has 0 bridgehead atoms. The summed E-state index contributed by atoms with van der Waals surface area (Å²) in [7, 11) is 0. The fourth-order valence-electron chi connectivity index (χ4n) is 4.20. The molecule has 2 aromatic rings. The second kappa shape index (κ2) is 6.86. The maximum absolute atomic E-state index is 10.4.